The fraction of sp³-hybridized carbons (Fsp3) is 0.360. The number of carbonyl (C=O) groups excluding carboxylic acids is 1. The van der Waals surface area contributed by atoms with Crippen molar-refractivity contribution >= 4 is 23.5 Å². The summed E-state index contributed by atoms with van der Waals surface area (Å²) in [6.45, 7) is 5.16. The van der Waals surface area contributed by atoms with Gasteiger partial charge >= 0.3 is 12.1 Å². The molecule has 1 amide bonds. The van der Waals surface area contributed by atoms with Gasteiger partial charge in [0.05, 0.1) is 13.2 Å². The molecule has 1 aliphatic rings. The van der Waals surface area contributed by atoms with Crippen molar-refractivity contribution in [3.63, 3.8) is 0 Å². The van der Waals surface area contributed by atoms with Gasteiger partial charge in [-0.3, -0.25) is 9.69 Å². The number of aromatic nitrogens is 3. The zero-order chi connectivity index (χ0) is 27.5. The number of aryl methyl sites for hydroxylation is 1. The van der Waals surface area contributed by atoms with Crippen LogP contribution in [0.1, 0.15) is 16.9 Å². The topological polar surface area (TPSA) is 122 Å². The SMILES string of the molecule is Cn1cc(-c2cnc(Nc3ccccc3)nc2)cc1C(=O)NCCCN1CCOCC1.O=C(O)C(F)(F)F. The van der Waals surface area contributed by atoms with E-state index in [1.54, 1.807) is 12.4 Å². The van der Waals surface area contributed by atoms with Crippen molar-refractivity contribution in [2.45, 2.75) is 12.6 Å². The molecule has 0 bridgehead atoms. The molecule has 0 atom stereocenters. The van der Waals surface area contributed by atoms with Crippen molar-refractivity contribution in [3.05, 3.63) is 60.7 Å². The van der Waals surface area contributed by atoms with Crippen LogP contribution in [-0.4, -0.2) is 82.0 Å². The number of hydrogen-bond donors (Lipinski definition) is 3. The second-order valence-corrected chi connectivity index (χ2v) is 8.38. The van der Waals surface area contributed by atoms with Crippen molar-refractivity contribution in [3.8, 4) is 11.1 Å². The number of amides is 1. The molecule has 3 heterocycles. The van der Waals surface area contributed by atoms with Crippen LogP contribution in [0.25, 0.3) is 11.1 Å². The highest BCUT2D eigenvalue weighted by molar-refractivity contribution is 5.94. The Morgan fingerprint density at radius 1 is 1.08 bits per heavy atom. The van der Waals surface area contributed by atoms with Crippen LogP contribution in [0.5, 0.6) is 0 Å². The number of anilines is 2. The summed E-state index contributed by atoms with van der Waals surface area (Å²) in [5.74, 6) is -2.30. The Labute approximate surface area is 217 Å². The van der Waals surface area contributed by atoms with E-state index in [4.69, 9.17) is 14.6 Å². The van der Waals surface area contributed by atoms with Gasteiger partial charge in [-0.15, -0.1) is 0 Å². The Hall–Kier alpha value is -3.97. The average molecular weight is 535 g/mol. The van der Waals surface area contributed by atoms with Crippen molar-refractivity contribution < 1.29 is 32.6 Å². The van der Waals surface area contributed by atoms with Crippen molar-refractivity contribution in [1.82, 2.24) is 24.8 Å². The van der Waals surface area contributed by atoms with Crippen LogP contribution < -0.4 is 10.6 Å². The summed E-state index contributed by atoms with van der Waals surface area (Å²) >= 11 is 0. The third-order valence-electron chi connectivity index (χ3n) is 5.54. The number of nitrogens with zero attached hydrogens (tertiary/aromatic N) is 4. The molecule has 1 fully saturated rings. The van der Waals surface area contributed by atoms with Crippen LogP contribution in [0.2, 0.25) is 0 Å². The van der Waals surface area contributed by atoms with E-state index in [1.807, 2.05) is 54.2 Å². The number of hydrogen-bond acceptors (Lipinski definition) is 7. The molecule has 4 rings (SSSR count). The Bertz CT molecular complexity index is 1180. The van der Waals surface area contributed by atoms with Gasteiger partial charge < -0.3 is 25.0 Å². The van der Waals surface area contributed by atoms with E-state index in [1.165, 1.54) is 0 Å². The maximum absolute atomic E-state index is 12.6. The lowest BCUT2D eigenvalue weighted by molar-refractivity contribution is -0.192. The normalized spacial score (nSPS) is 13.8. The molecule has 204 valence electrons. The number of morpholine rings is 1. The van der Waals surface area contributed by atoms with E-state index in [0.29, 0.717) is 18.2 Å². The Balaban J connectivity index is 0.000000505. The highest BCUT2D eigenvalue weighted by Gasteiger charge is 2.38. The lowest BCUT2D eigenvalue weighted by atomic mass is 10.2. The second-order valence-electron chi connectivity index (χ2n) is 8.38. The zero-order valence-electron chi connectivity index (χ0n) is 20.7. The predicted molar refractivity (Wildman–Crippen MR) is 134 cm³/mol. The van der Waals surface area contributed by atoms with E-state index in [-0.39, 0.29) is 5.91 Å². The number of carboxylic acid groups (broad SMARTS) is 1. The molecule has 0 saturated carbocycles. The van der Waals surface area contributed by atoms with Crippen molar-refractivity contribution in [1.29, 1.82) is 0 Å². The summed E-state index contributed by atoms with van der Waals surface area (Å²) in [6, 6.07) is 11.7. The van der Waals surface area contributed by atoms with Gasteiger partial charge in [0, 0.05) is 62.1 Å². The minimum atomic E-state index is -5.08. The third kappa shape index (κ3) is 8.85. The molecule has 1 aliphatic heterocycles. The maximum Gasteiger partial charge on any atom is 0.490 e. The monoisotopic (exact) mass is 534 g/mol. The lowest BCUT2D eigenvalue weighted by Crippen LogP contribution is -2.38. The van der Waals surface area contributed by atoms with Gasteiger partial charge in [0.1, 0.15) is 5.69 Å². The van der Waals surface area contributed by atoms with Crippen LogP contribution in [0.15, 0.2) is 55.0 Å². The number of ether oxygens (including phenoxy) is 1. The quantitative estimate of drug-likeness (QED) is 0.377. The van der Waals surface area contributed by atoms with Gasteiger partial charge in [0.15, 0.2) is 0 Å². The summed E-state index contributed by atoms with van der Waals surface area (Å²) in [6.07, 6.45) is 1.29. The molecule has 0 radical (unpaired) electrons. The molecule has 38 heavy (non-hydrogen) atoms. The van der Waals surface area contributed by atoms with Gasteiger partial charge in [-0.1, -0.05) is 18.2 Å². The maximum atomic E-state index is 12.6. The minimum Gasteiger partial charge on any atom is -0.475 e. The summed E-state index contributed by atoms with van der Waals surface area (Å²) in [5.41, 5.74) is 3.32. The third-order valence-corrected chi connectivity index (χ3v) is 5.54. The molecule has 0 spiro atoms. The molecular formula is C25H29F3N6O4. The van der Waals surface area contributed by atoms with E-state index in [0.717, 1.165) is 56.1 Å². The molecule has 3 N–H and O–H groups in total. The first-order valence-electron chi connectivity index (χ1n) is 11.8. The van der Waals surface area contributed by atoms with Gasteiger partial charge in [-0.2, -0.15) is 13.2 Å². The molecule has 10 nitrogen and oxygen atoms in total. The fourth-order valence-electron chi connectivity index (χ4n) is 3.56. The number of halogens is 3. The Kier molecular flexibility index (Phi) is 10.2. The van der Waals surface area contributed by atoms with E-state index in [9.17, 15) is 18.0 Å². The molecular weight excluding hydrogens is 505 g/mol. The lowest BCUT2D eigenvalue weighted by Gasteiger charge is -2.26. The predicted octanol–water partition coefficient (Wildman–Crippen LogP) is 3.31. The van der Waals surface area contributed by atoms with Gasteiger partial charge in [0.2, 0.25) is 5.95 Å². The first-order valence-corrected chi connectivity index (χ1v) is 11.8. The summed E-state index contributed by atoms with van der Waals surface area (Å²) in [4.78, 5) is 32.7. The highest BCUT2D eigenvalue weighted by Crippen LogP contribution is 2.22. The smallest absolute Gasteiger partial charge is 0.475 e. The molecule has 0 aliphatic carbocycles. The average Bonchev–Trinajstić information content (AvgIpc) is 3.29. The fourth-order valence-corrected chi connectivity index (χ4v) is 3.56. The van der Waals surface area contributed by atoms with Crippen molar-refractivity contribution in [2.75, 3.05) is 44.7 Å². The number of para-hydroxylation sites is 1. The van der Waals surface area contributed by atoms with Gasteiger partial charge in [0.25, 0.3) is 5.91 Å². The number of carbonyl (C=O) groups is 2. The summed E-state index contributed by atoms with van der Waals surface area (Å²) in [5, 5.41) is 13.3. The van der Waals surface area contributed by atoms with E-state index >= 15 is 0 Å². The summed E-state index contributed by atoms with van der Waals surface area (Å²) < 4.78 is 38.9. The first-order chi connectivity index (χ1) is 18.1. The Morgan fingerprint density at radius 3 is 2.32 bits per heavy atom. The molecule has 13 heteroatoms. The molecule has 3 aromatic rings. The number of alkyl halides is 3. The summed E-state index contributed by atoms with van der Waals surface area (Å²) in [7, 11) is 1.87. The highest BCUT2D eigenvalue weighted by atomic mass is 19.4. The first kappa shape index (κ1) is 28.6. The number of nitrogens with one attached hydrogen (secondary N) is 2. The van der Waals surface area contributed by atoms with Crippen LogP contribution in [0, 0.1) is 0 Å². The standard InChI is InChI=1S/C23H28N6O2.C2HF3O2/c1-28-17-18(19-15-25-23(26-16-19)27-20-6-3-2-4-7-20)14-21(28)22(30)24-8-5-9-29-10-12-31-13-11-29;3-2(4,5)1(6)7/h2-4,6-7,14-17H,5,8-13H2,1H3,(H,24,30)(H,25,26,27);(H,6,7). The van der Waals surface area contributed by atoms with E-state index in [2.05, 4.69) is 25.5 Å². The number of rotatable bonds is 8. The van der Waals surface area contributed by atoms with E-state index < -0.39 is 12.1 Å². The minimum absolute atomic E-state index is 0.0704. The molecule has 1 aromatic carbocycles. The second kappa shape index (κ2) is 13.5. The van der Waals surface area contributed by atoms with Gasteiger partial charge in [-0.05, 0) is 31.2 Å². The Morgan fingerprint density at radius 2 is 1.71 bits per heavy atom. The number of benzene rings is 1. The molecule has 2 aromatic heterocycles. The number of aliphatic carboxylic acids is 1. The molecule has 1 saturated heterocycles. The number of carboxylic acids is 1. The van der Waals surface area contributed by atoms with Crippen LogP contribution in [0.4, 0.5) is 24.8 Å². The van der Waals surface area contributed by atoms with Gasteiger partial charge in [-0.25, -0.2) is 14.8 Å². The van der Waals surface area contributed by atoms with Crippen LogP contribution >= 0.6 is 0 Å². The largest absolute Gasteiger partial charge is 0.490 e. The molecule has 0 unspecified atom stereocenters. The van der Waals surface area contributed by atoms with Crippen LogP contribution in [0.3, 0.4) is 0 Å². The zero-order valence-corrected chi connectivity index (χ0v) is 20.7. The van der Waals surface area contributed by atoms with Crippen LogP contribution in [-0.2, 0) is 16.6 Å². The van der Waals surface area contributed by atoms with Crippen molar-refractivity contribution in [2.24, 2.45) is 7.05 Å².